The number of fused-ring (bicyclic) bond motifs is 1. The molecule has 1 N–H and O–H groups in total. The van der Waals surface area contributed by atoms with E-state index in [0.29, 0.717) is 12.0 Å². The van der Waals surface area contributed by atoms with Crippen LogP contribution in [-0.4, -0.2) is 14.7 Å². The molecule has 1 heterocycles. The summed E-state index contributed by atoms with van der Waals surface area (Å²) < 4.78 is 1.99. The molecule has 104 valence electrons. The molecule has 1 atom stereocenters. The number of nitriles is 1. The van der Waals surface area contributed by atoms with E-state index in [1.807, 2.05) is 41.9 Å². The minimum atomic E-state index is -0.672. The second kappa shape index (κ2) is 5.39. The van der Waals surface area contributed by atoms with Crippen molar-refractivity contribution in [1.82, 2.24) is 9.55 Å². The fourth-order valence-electron chi connectivity index (χ4n) is 2.48. The molecule has 0 aliphatic rings. The highest BCUT2D eigenvalue weighted by Crippen LogP contribution is 2.21. The maximum Gasteiger partial charge on any atom is 0.112 e. The Labute approximate surface area is 122 Å². The van der Waals surface area contributed by atoms with Crippen molar-refractivity contribution in [2.75, 3.05) is 0 Å². The fourth-order valence-corrected chi connectivity index (χ4v) is 2.48. The molecule has 4 heteroatoms. The molecule has 0 radical (unpaired) electrons. The van der Waals surface area contributed by atoms with Crippen molar-refractivity contribution in [2.45, 2.75) is 12.5 Å². The Morgan fingerprint density at radius 3 is 2.81 bits per heavy atom. The monoisotopic (exact) mass is 277 g/mol. The summed E-state index contributed by atoms with van der Waals surface area (Å²) >= 11 is 0. The quantitative estimate of drug-likeness (QED) is 0.800. The van der Waals surface area contributed by atoms with Crippen LogP contribution in [0.1, 0.15) is 23.1 Å². The van der Waals surface area contributed by atoms with E-state index in [1.54, 1.807) is 18.2 Å². The maximum absolute atomic E-state index is 10.4. The summed E-state index contributed by atoms with van der Waals surface area (Å²) in [6.45, 7) is 0. The minimum absolute atomic E-state index is 0.417. The lowest BCUT2D eigenvalue weighted by Crippen LogP contribution is -2.07. The van der Waals surface area contributed by atoms with Crippen molar-refractivity contribution in [1.29, 1.82) is 5.26 Å². The summed E-state index contributed by atoms with van der Waals surface area (Å²) in [7, 11) is 1.95. The zero-order valence-corrected chi connectivity index (χ0v) is 11.7. The number of aryl methyl sites for hydroxylation is 1. The van der Waals surface area contributed by atoms with Gasteiger partial charge in [-0.3, -0.25) is 0 Å². The minimum Gasteiger partial charge on any atom is -0.388 e. The molecule has 21 heavy (non-hydrogen) atoms. The van der Waals surface area contributed by atoms with Crippen molar-refractivity contribution in [3.8, 4) is 6.07 Å². The van der Waals surface area contributed by atoms with Gasteiger partial charge >= 0.3 is 0 Å². The van der Waals surface area contributed by atoms with Crippen molar-refractivity contribution < 1.29 is 5.11 Å². The molecule has 3 rings (SSSR count). The molecular formula is C17H15N3O. The van der Waals surface area contributed by atoms with Crippen LogP contribution in [0.4, 0.5) is 0 Å². The van der Waals surface area contributed by atoms with Gasteiger partial charge in [-0.25, -0.2) is 4.98 Å². The summed E-state index contributed by atoms with van der Waals surface area (Å²) in [5.41, 5.74) is 3.26. The number of aliphatic hydroxyl groups excluding tert-OH is 1. The van der Waals surface area contributed by atoms with E-state index in [9.17, 15) is 5.11 Å². The SMILES string of the molecule is Cn1c(CC(O)c2cccc(C#N)c2)nc2ccccc21. The number of aromatic nitrogens is 2. The maximum atomic E-state index is 10.4. The zero-order valence-electron chi connectivity index (χ0n) is 11.7. The smallest absolute Gasteiger partial charge is 0.112 e. The van der Waals surface area contributed by atoms with Gasteiger partial charge < -0.3 is 9.67 Å². The number of hydrogen-bond acceptors (Lipinski definition) is 3. The first-order chi connectivity index (χ1) is 10.2. The van der Waals surface area contributed by atoms with Crippen LogP contribution in [-0.2, 0) is 13.5 Å². The van der Waals surface area contributed by atoms with Crippen LogP contribution >= 0.6 is 0 Å². The summed E-state index contributed by atoms with van der Waals surface area (Å²) in [6.07, 6.45) is -0.256. The molecule has 0 fully saturated rings. The van der Waals surface area contributed by atoms with Gasteiger partial charge in [-0.1, -0.05) is 24.3 Å². The van der Waals surface area contributed by atoms with Crippen LogP contribution in [0.15, 0.2) is 48.5 Å². The number of imidazole rings is 1. The van der Waals surface area contributed by atoms with E-state index >= 15 is 0 Å². The Hall–Kier alpha value is -2.64. The summed E-state index contributed by atoms with van der Waals surface area (Å²) in [5.74, 6) is 0.825. The molecule has 1 aromatic heterocycles. The van der Waals surface area contributed by atoms with Gasteiger partial charge in [0.15, 0.2) is 0 Å². The van der Waals surface area contributed by atoms with Crippen molar-refractivity contribution in [2.24, 2.45) is 7.05 Å². The van der Waals surface area contributed by atoms with Gasteiger partial charge in [-0.2, -0.15) is 5.26 Å². The van der Waals surface area contributed by atoms with Gasteiger partial charge in [-0.15, -0.1) is 0 Å². The normalized spacial score (nSPS) is 12.2. The van der Waals surface area contributed by atoms with Gasteiger partial charge in [0.1, 0.15) is 5.82 Å². The molecule has 2 aromatic carbocycles. The molecule has 1 unspecified atom stereocenters. The van der Waals surface area contributed by atoms with Crippen LogP contribution in [0.5, 0.6) is 0 Å². The van der Waals surface area contributed by atoms with Crippen LogP contribution in [0.2, 0.25) is 0 Å². The lowest BCUT2D eigenvalue weighted by atomic mass is 10.0. The third-order valence-electron chi connectivity index (χ3n) is 3.66. The van der Waals surface area contributed by atoms with Gasteiger partial charge in [0, 0.05) is 13.5 Å². The van der Waals surface area contributed by atoms with Crippen LogP contribution < -0.4 is 0 Å². The molecule has 0 amide bonds. The highest BCUT2D eigenvalue weighted by atomic mass is 16.3. The number of nitrogens with zero attached hydrogens (tertiary/aromatic N) is 3. The average Bonchev–Trinajstić information content (AvgIpc) is 2.84. The molecular weight excluding hydrogens is 262 g/mol. The Morgan fingerprint density at radius 2 is 2.05 bits per heavy atom. The Morgan fingerprint density at radius 1 is 1.24 bits per heavy atom. The Bertz CT molecular complexity index is 829. The fraction of sp³-hybridized carbons (Fsp3) is 0.176. The Kier molecular flexibility index (Phi) is 3.43. The average molecular weight is 277 g/mol. The highest BCUT2D eigenvalue weighted by Gasteiger charge is 2.14. The first-order valence-corrected chi connectivity index (χ1v) is 6.77. The van der Waals surface area contributed by atoms with Crippen molar-refractivity contribution in [3.63, 3.8) is 0 Å². The van der Waals surface area contributed by atoms with Crippen LogP contribution in [0.3, 0.4) is 0 Å². The van der Waals surface area contributed by atoms with Gasteiger partial charge in [0.2, 0.25) is 0 Å². The van der Waals surface area contributed by atoms with Crippen molar-refractivity contribution in [3.05, 3.63) is 65.5 Å². The third-order valence-corrected chi connectivity index (χ3v) is 3.66. The number of para-hydroxylation sites is 2. The predicted molar refractivity (Wildman–Crippen MR) is 80.5 cm³/mol. The summed E-state index contributed by atoms with van der Waals surface area (Å²) in [5, 5.41) is 19.3. The van der Waals surface area contributed by atoms with Crippen LogP contribution in [0, 0.1) is 11.3 Å². The standard InChI is InChI=1S/C17H15N3O/c1-20-15-8-3-2-7-14(15)19-17(20)10-16(21)13-6-4-5-12(9-13)11-18/h2-9,16,21H,10H2,1H3. The zero-order chi connectivity index (χ0) is 14.8. The largest absolute Gasteiger partial charge is 0.388 e. The molecule has 0 bridgehead atoms. The van der Waals surface area contributed by atoms with E-state index in [1.165, 1.54) is 0 Å². The summed E-state index contributed by atoms with van der Waals surface area (Å²) in [4.78, 5) is 4.56. The first kappa shape index (κ1) is 13.3. The van der Waals surface area contributed by atoms with Gasteiger partial charge in [0.05, 0.1) is 28.8 Å². The third kappa shape index (κ3) is 2.51. The van der Waals surface area contributed by atoms with Crippen molar-refractivity contribution >= 4 is 11.0 Å². The molecule has 0 aliphatic carbocycles. The van der Waals surface area contributed by atoms with E-state index in [4.69, 9.17) is 5.26 Å². The van der Waals surface area contributed by atoms with E-state index in [0.717, 1.165) is 22.4 Å². The second-order valence-corrected chi connectivity index (χ2v) is 5.03. The van der Waals surface area contributed by atoms with Gasteiger partial charge in [-0.05, 0) is 29.8 Å². The number of hydrogen-bond donors (Lipinski definition) is 1. The topological polar surface area (TPSA) is 61.8 Å². The first-order valence-electron chi connectivity index (χ1n) is 6.77. The summed E-state index contributed by atoms with van der Waals surface area (Å²) in [6, 6.07) is 17.0. The number of benzene rings is 2. The lowest BCUT2D eigenvalue weighted by molar-refractivity contribution is 0.175. The predicted octanol–water partition coefficient (Wildman–Crippen LogP) is 2.72. The Balaban J connectivity index is 1.91. The molecule has 4 nitrogen and oxygen atoms in total. The lowest BCUT2D eigenvalue weighted by Gasteiger charge is -2.11. The number of aliphatic hydroxyl groups is 1. The molecule has 0 spiro atoms. The van der Waals surface area contributed by atoms with E-state index < -0.39 is 6.10 Å². The number of rotatable bonds is 3. The molecule has 0 aliphatic heterocycles. The second-order valence-electron chi connectivity index (χ2n) is 5.03. The molecule has 0 saturated heterocycles. The van der Waals surface area contributed by atoms with E-state index in [-0.39, 0.29) is 0 Å². The highest BCUT2D eigenvalue weighted by molar-refractivity contribution is 5.75. The van der Waals surface area contributed by atoms with Gasteiger partial charge in [0.25, 0.3) is 0 Å². The molecule has 3 aromatic rings. The molecule has 0 saturated carbocycles. The van der Waals surface area contributed by atoms with Crippen LogP contribution in [0.25, 0.3) is 11.0 Å². The van der Waals surface area contributed by atoms with E-state index in [2.05, 4.69) is 11.1 Å².